The molecule has 5 nitrogen and oxygen atoms in total. The molecule has 0 spiro atoms. The molecule has 2 aromatic carbocycles. The van der Waals surface area contributed by atoms with Gasteiger partial charge in [0.05, 0.1) is 16.9 Å². The van der Waals surface area contributed by atoms with Crippen molar-refractivity contribution < 1.29 is 13.9 Å². The predicted molar refractivity (Wildman–Crippen MR) is 113 cm³/mol. The lowest BCUT2D eigenvalue weighted by atomic mass is 10.2. The second kappa shape index (κ2) is 10.3. The molecular weight excluding hydrogens is 468 g/mol. The van der Waals surface area contributed by atoms with Crippen molar-refractivity contribution in [2.24, 2.45) is 5.10 Å². The van der Waals surface area contributed by atoms with Gasteiger partial charge in [-0.25, -0.2) is 4.39 Å². The van der Waals surface area contributed by atoms with Crippen molar-refractivity contribution in [3.05, 3.63) is 56.9 Å². The van der Waals surface area contributed by atoms with Gasteiger partial charge >= 0.3 is 0 Å². The molecule has 26 heavy (non-hydrogen) atoms. The Morgan fingerprint density at radius 3 is 2.85 bits per heavy atom. The Bertz CT molecular complexity index is 802. The molecule has 2 rings (SSSR count). The van der Waals surface area contributed by atoms with Crippen molar-refractivity contribution in [2.75, 3.05) is 13.7 Å². The highest BCUT2D eigenvalue weighted by atomic mass is 127. The third kappa shape index (κ3) is 6.10. The smallest absolute Gasteiger partial charge is 0.186 e. The average Bonchev–Trinajstić information content (AvgIpc) is 2.60. The van der Waals surface area contributed by atoms with E-state index in [0.717, 1.165) is 21.2 Å². The minimum Gasteiger partial charge on any atom is -0.493 e. The van der Waals surface area contributed by atoms with Crippen molar-refractivity contribution in [3.63, 3.8) is 0 Å². The van der Waals surface area contributed by atoms with Gasteiger partial charge in [0.1, 0.15) is 12.4 Å². The summed E-state index contributed by atoms with van der Waals surface area (Å²) in [7, 11) is 1.57. The minimum atomic E-state index is -0.290. The number of hydrogen-bond acceptors (Lipinski definition) is 4. The van der Waals surface area contributed by atoms with Gasteiger partial charge in [-0.15, -0.1) is 0 Å². The number of hydrazone groups is 1. The van der Waals surface area contributed by atoms with E-state index in [1.807, 2.05) is 25.1 Å². The molecule has 0 bridgehead atoms. The van der Waals surface area contributed by atoms with Gasteiger partial charge in [-0.3, -0.25) is 5.43 Å². The summed E-state index contributed by atoms with van der Waals surface area (Å²) in [6, 6.07) is 10.0. The third-order valence-electron chi connectivity index (χ3n) is 3.24. The Balaban J connectivity index is 2.10. The van der Waals surface area contributed by atoms with Gasteiger partial charge in [0.2, 0.25) is 0 Å². The molecule has 0 saturated carbocycles. The fraction of sp³-hybridized carbons (Fsp3) is 0.222. The SMILES string of the molecule is CCNC(=S)N/N=C\c1cc(I)c(OCc2cccc(F)c2)c(OC)c1. The van der Waals surface area contributed by atoms with Crippen LogP contribution in [0.4, 0.5) is 4.39 Å². The van der Waals surface area contributed by atoms with Crippen LogP contribution >= 0.6 is 34.8 Å². The number of methoxy groups -OCH3 is 1. The molecule has 0 saturated heterocycles. The maximum absolute atomic E-state index is 13.3. The van der Waals surface area contributed by atoms with Crippen molar-refractivity contribution in [1.29, 1.82) is 0 Å². The summed E-state index contributed by atoms with van der Waals surface area (Å²) in [6.07, 6.45) is 1.64. The van der Waals surface area contributed by atoms with Crippen molar-refractivity contribution >= 4 is 46.1 Å². The predicted octanol–water partition coefficient (Wildman–Crippen LogP) is 3.84. The van der Waals surface area contributed by atoms with E-state index in [1.54, 1.807) is 19.4 Å². The highest BCUT2D eigenvalue weighted by Gasteiger charge is 2.11. The molecule has 2 aromatic rings. The zero-order valence-electron chi connectivity index (χ0n) is 14.4. The van der Waals surface area contributed by atoms with E-state index in [0.29, 0.717) is 16.6 Å². The molecule has 0 aliphatic heterocycles. The highest BCUT2D eigenvalue weighted by molar-refractivity contribution is 14.1. The van der Waals surface area contributed by atoms with Crippen LogP contribution in [0.1, 0.15) is 18.1 Å². The van der Waals surface area contributed by atoms with Gasteiger partial charge in [0.25, 0.3) is 0 Å². The Morgan fingerprint density at radius 2 is 2.15 bits per heavy atom. The highest BCUT2D eigenvalue weighted by Crippen LogP contribution is 2.34. The number of rotatable bonds is 7. The second-order valence-corrected chi connectivity index (χ2v) is 6.75. The molecular formula is C18H19FIN3O2S. The molecule has 0 heterocycles. The number of benzene rings is 2. The maximum Gasteiger partial charge on any atom is 0.186 e. The zero-order chi connectivity index (χ0) is 18.9. The number of thiocarbonyl (C=S) groups is 1. The number of halogens is 2. The van der Waals surface area contributed by atoms with E-state index in [1.165, 1.54) is 12.1 Å². The van der Waals surface area contributed by atoms with Crippen LogP contribution in [0, 0.1) is 9.39 Å². The zero-order valence-corrected chi connectivity index (χ0v) is 17.4. The van der Waals surface area contributed by atoms with E-state index < -0.39 is 0 Å². The van der Waals surface area contributed by atoms with Crippen LogP contribution in [0.3, 0.4) is 0 Å². The first-order valence-corrected chi connectivity index (χ1v) is 9.34. The van der Waals surface area contributed by atoms with E-state index in [-0.39, 0.29) is 12.4 Å². The normalized spacial score (nSPS) is 10.6. The van der Waals surface area contributed by atoms with Gasteiger partial charge in [0, 0.05) is 6.54 Å². The number of hydrogen-bond donors (Lipinski definition) is 2. The van der Waals surface area contributed by atoms with Gasteiger partial charge in [-0.1, -0.05) is 12.1 Å². The van der Waals surface area contributed by atoms with Crippen LogP contribution < -0.4 is 20.2 Å². The summed E-state index contributed by atoms with van der Waals surface area (Å²) in [5.74, 6) is 0.886. The van der Waals surface area contributed by atoms with Gasteiger partial charge < -0.3 is 14.8 Å². The summed E-state index contributed by atoms with van der Waals surface area (Å²) in [5.41, 5.74) is 4.31. The second-order valence-electron chi connectivity index (χ2n) is 5.18. The molecule has 0 fully saturated rings. The molecule has 0 amide bonds. The van der Waals surface area contributed by atoms with Crippen LogP contribution in [-0.4, -0.2) is 25.0 Å². The topological polar surface area (TPSA) is 54.9 Å². The standard InChI is InChI=1S/C18H19FIN3O2S/c1-3-21-18(26)23-22-10-13-8-15(20)17(16(9-13)24-2)25-11-12-5-4-6-14(19)7-12/h4-10H,3,11H2,1-2H3,(H2,21,23,26)/b22-10-. The van der Waals surface area contributed by atoms with Crippen LogP contribution in [0.5, 0.6) is 11.5 Å². The van der Waals surface area contributed by atoms with E-state index in [2.05, 4.69) is 38.4 Å². The summed E-state index contributed by atoms with van der Waals surface area (Å²) in [5, 5.41) is 7.49. The molecule has 0 radical (unpaired) electrons. The van der Waals surface area contributed by atoms with Crippen LogP contribution in [0.15, 0.2) is 41.5 Å². The van der Waals surface area contributed by atoms with Gasteiger partial charge in [-0.05, 0) is 77.1 Å². The maximum atomic E-state index is 13.3. The number of nitrogens with one attached hydrogen (secondary N) is 2. The molecule has 0 unspecified atom stereocenters. The lowest BCUT2D eigenvalue weighted by Crippen LogP contribution is -2.31. The van der Waals surface area contributed by atoms with Crippen LogP contribution in [0.25, 0.3) is 0 Å². The quantitative estimate of drug-likeness (QED) is 0.269. The molecule has 8 heteroatoms. The molecule has 0 aromatic heterocycles. The average molecular weight is 487 g/mol. The van der Waals surface area contributed by atoms with Crippen LogP contribution in [0.2, 0.25) is 0 Å². The van der Waals surface area contributed by atoms with E-state index >= 15 is 0 Å². The summed E-state index contributed by atoms with van der Waals surface area (Å²) >= 11 is 7.21. The number of nitrogens with zero attached hydrogens (tertiary/aromatic N) is 1. The fourth-order valence-electron chi connectivity index (χ4n) is 2.10. The van der Waals surface area contributed by atoms with E-state index in [4.69, 9.17) is 21.7 Å². The number of ether oxygens (including phenoxy) is 2. The van der Waals surface area contributed by atoms with Crippen LogP contribution in [-0.2, 0) is 6.61 Å². The Labute approximate surface area is 171 Å². The summed E-state index contributed by atoms with van der Waals surface area (Å²) < 4.78 is 25.4. The molecule has 0 aliphatic carbocycles. The van der Waals surface area contributed by atoms with Gasteiger partial charge in [-0.2, -0.15) is 5.10 Å². The molecule has 2 N–H and O–H groups in total. The first kappa shape index (κ1) is 20.4. The van der Waals surface area contributed by atoms with Crippen molar-refractivity contribution in [1.82, 2.24) is 10.7 Å². The van der Waals surface area contributed by atoms with Crippen molar-refractivity contribution in [3.8, 4) is 11.5 Å². The third-order valence-corrected chi connectivity index (χ3v) is 4.28. The summed E-state index contributed by atoms with van der Waals surface area (Å²) in [4.78, 5) is 0. The Hall–Kier alpha value is -1.94. The molecule has 138 valence electrons. The lowest BCUT2D eigenvalue weighted by molar-refractivity contribution is 0.282. The minimum absolute atomic E-state index is 0.246. The Morgan fingerprint density at radius 1 is 1.35 bits per heavy atom. The first-order valence-electron chi connectivity index (χ1n) is 7.85. The monoisotopic (exact) mass is 487 g/mol. The Kier molecular flexibility index (Phi) is 8.05. The summed E-state index contributed by atoms with van der Waals surface area (Å²) in [6.45, 7) is 2.92. The molecule has 0 aliphatic rings. The lowest BCUT2D eigenvalue weighted by Gasteiger charge is -2.13. The largest absolute Gasteiger partial charge is 0.493 e. The van der Waals surface area contributed by atoms with Gasteiger partial charge in [0.15, 0.2) is 16.6 Å². The van der Waals surface area contributed by atoms with E-state index in [9.17, 15) is 4.39 Å². The first-order chi connectivity index (χ1) is 12.5. The van der Waals surface area contributed by atoms with Crippen molar-refractivity contribution in [2.45, 2.75) is 13.5 Å². The fourth-order valence-corrected chi connectivity index (χ4v) is 3.08. The molecule has 0 atom stereocenters.